The van der Waals surface area contributed by atoms with Gasteiger partial charge in [0.05, 0.1) is 15.4 Å². The number of alkyl halides is 4. The maximum absolute atomic E-state index is 13.6. The van der Waals surface area contributed by atoms with E-state index in [2.05, 4.69) is 5.10 Å². The Morgan fingerprint density at radius 2 is 1.87 bits per heavy atom. The number of nitrogens with zero attached hydrogens (tertiary/aromatic N) is 2. The first-order valence-electron chi connectivity index (χ1n) is 8.81. The number of fused-ring (bicyclic) bond motifs is 1. The summed E-state index contributed by atoms with van der Waals surface area (Å²) in [6, 6.07) is 8.50. The minimum absolute atomic E-state index is 0.0203. The average Bonchev–Trinajstić information content (AvgIpc) is 3.22. The summed E-state index contributed by atoms with van der Waals surface area (Å²) in [6.45, 7) is -0.112. The fourth-order valence-electron chi connectivity index (χ4n) is 3.34. The molecule has 1 fully saturated rings. The molecule has 0 N–H and O–H groups in total. The molecule has 0 bridgehead atoms. The van der Waals surface area contributed by atoms with Gasteiger partial charge in [-0.25, -0.2) is 17.6 Å². The summed E-state index contributed by atoms with van der Waals surface area (Å²) in [4.78, 5) is -0.288. The Bertz CT molecular complexity index is 1220. The lowest BCUT2D eigenvalue weighted by atomic mass is 10.1. The van der Waals surface area contributed by atoms with Gasteiger partial charge in [-0.15, -0.1) is 0 Å². The first-order chi connectivity index (χ1) is 13.9. The van der Waals surface area contributed by atoms with Crippen LogP contribution in [0.2, 0.25) is 5.02 Å². The Kier molecular flexibility index (Phi) is 4.87. The quantitative estimate of drug-likeness (QED) is 0.504. The van der Waals surface area contributed by atoms with Crippen LogP contribution in [0.1, 0.15) is 30.7 Å². The first kappa shape index (κ1) is 21.1. The van der Waals surface area contributed by atoms with Crippen LogP contribution in [0.15, 0.2) is 47.4 Å². The summed E-state index contributed by atoms with van der Waals surface area (Å²) < 4.78 is 86.3. The van der Waals surface area contributed by atoms with E-state index in [1.165, 1.54) is 18.2 Å². The number of aromatic nitrogens is 2. The predicted octanol–water partition coefficient (Wildman–Crippen LogP) is 5.14. The average molecular weight is 463 g/mol. The standard InChI is InChI=1S/C19H15ClF4N2O3S/c1-18(21,22)11-5-7-12(8-6-11)30(27,28)26-14-4-2-3-13(20)16(14)17(25-26)15-9-19(23,24)10-29-15/h2-8,15H,9-10H2,1H3. The monoisotopic (exact) mass is 462 g/mol. The van der Waals surface area contributed by atoms with E-state index < -0.39 is 41.0 Å². The highest BCUT2D eigenvalue weighted by atomic mass is 35.5. The zero-order chi connectivity index (χ0) is 21.9. The van der Waals surface area contributed by atoms with E-state index in [4.69, 9.17) is 16.3 Å². The normalized spacial score (nSPS) is 19.5. The van der Waals surface area contributed by atoms with E-state index in [-0.39, 0.29) is 32.1 Å². The van der Waals surface area contributed by atoms with E-state index in [1.807, 2.05) is 0 Å². The highest BCUT2D eigenvalue weighted by molar-refractivity contribution is 7.90. The molecule has 2 aromatic carbocycles. The number of ether oxygens (including phenoxy) is 1. The SMILES string of the molecule is CC(F)(F)c1ccc(S(=O)(=O)n2nc(C3CC(F)(F)CO3)c3c(Cl)cccc32)cc1. The van der Waals surface area contributed by atoms with Gasteiger partial charge >= 0.3 is 0 Å². The fourth-order valence-corrected chi connectivity index (χ4v) is 4.90. The second kappa shape index (κ2) is 6.93. The smallest absolute Gasteiger partial charge is 0.283 e. The Hall–Kier alpha value is -2.17. The molecule has 11 heteroatoms. The van der Waals surface area contributed by atoms with Crippen LogP contribution in [0.4, 0.5) is 17.6 Å². The van der Waals surface area contributed by atoms with E-state index in [1.54, 1.807) is 0 Å². The number of hydrogen-bond acceptors (Lipinski definition) is 4. The van der Waals surface area contributed by atoms with Crippen LogP contribution in [0.25, 0.3) is 10.9 Å². The van der Waals surface area contributed by atoms with Crippen molar-refractivity contribution in [2.24, 2.45) is 0 Å². The van der Waals surface area contributed by atoms with Crippen LogP contribution < -0.4 is 0 Å². The van der Waals surface area contributed by atoms with Gasteiger partial charge in [-0.3, -0.25) is 0 Å². The van der Waals surface area contributed by atoms with Crippen molar-refractivity contribution in [3.63, 3.8) is 0 Å². The molecule has 160 valence electrons. The van der Waals surface area contributed by atoms with E-state index in [0.29, 0.717) is 11.0 Å². The molecule has 1 aliphatic heterocycles. The van der Waals surface area contributed by atoms with Gasteiger partial charge in [0, 0.05) is 24.3 Å². The zero-order valence-electron chi connectivity index (χ0n) is 15.5. The molecule has 0 radical (unpaired) electrons. The minimum atomic E-state index is -4.32. The number of benzene rings is 2. The van der Waals surface area contributed by atoms with Crippen LogP contribution in [-0.4, -0.2) is 30.1 Å². The van der Waals surface area contributed by atoms with Gasteiger partial charge < -0.3 is 4.74 Å². The third kappa shape index (κ3) is 3.57. The first-order valence-corrected chi connectivity index (χ1v) is 10.6. The van der Waals surface area contributed by atoms with Crippen molar-refractivity contribution in [3.8, 4) is 0 Å². The molecule has 5 nitrogen and oxygen atoms in total. The lowest BCUT2D eigenvalue weighted by molar-refractivity contribution is -0.0102. The molecule has 0 spiro atoms. The van der Waals surface area contributed by atoms with Crippen LogP contribution in [0.3, 0.4) is 0 Å². The number of hydrogen-bond donors (Lipinski definition) is 0. The fraction of sp³-hybridized carbons (Fsp3) is 0.316. The van der Waals surface area contributed by atoms with Gasteiger partial charge in [-0.05, 0) is 24.3 Å². The molecule has 0 saturated carbocycles. The maximum atomic E-state index is 13.6. The third-order valence-electron chi connectivity index (χ3n) is 4.82. The Morgan fingerprint density at radius 3 is 2.43 bits per heavy atom. The summed E-state index contributed by atoms with van der Waals surface area (Å²) in [6.07, 6.45) is -1.80. The summed E-state index contributed by atoms with van der Waals surface area (Å²) in [5.74, 6) is -6.20. The van der Waals surface area contributed by atoms with Gasteiger partial charge in [0.25, 0.3) is 21.9 Å². The van der Waals surface area contributed by atoms with Crippen LogP contribution in [0.5, 0.6) is 0 Å². The maximum Gasteiger partial charge on any atom is 0.283 e. The highest BCUT2D eigenvalue weighted by Crippen LogP contribution is 2.42. The number of halogens is 5. The minimum Gasteiger partial charge on any atom is -0.365 e. The molecule has 2 heterocycles. The predicted molar refractivity (Wildman–Crippen MR) is 102 cm³/mol. The second-order valence-electron chi connectivity index (χ2n) is 7.14. The van der Waals surface area contributed by atoms with Crippen molar-refractivity contribution < 1.29 is 30.7 Å². The molecule has 1 aliphatic rings. The number of rotatable bonds is 4. The topological polar surface area (TPSA) is 61.2 Å². The van der Waals surface area contributed by atoms with Gasteiger partial charge in [0.1, 0.15) is 18.4 Å². The molecule has 3 aromatic rings. The largest absolute Gasteiger partial charge is 0.365 e. The molecule has 1 unspecified atom stereocenters. The molecular formula is C19H15ClF4N2O3S. The van der Waals surface area contributed by atoms with Crippen molar-refractivity contribution >= 4 is 32.5 Å². The molecule has 1 aromatic heterocycles. The molecule has 0 aliphatic carbocycles. The van der Waals surface area contributed by atoms with Gasteiger partial charge in [0.15, 0.2) is 0 Å². The lowest BCUT2D eigenvalue weighted by Gasteiger charge is -2.11. The van der Waals surface area contributed by atoms with Gasteiger partial charge in [-0.1, -0.05) is 29.8 Å². The van der Waals surface area contributed by atoms with Crippen LogP contribution in [-0.2, 0) is 20.7 Å². The summed E-state index contributed by atoms with van der Waals surface area (Å²) >= 11 is 6.22. The van der Waals surface area contributed by atoms with E-state index in [9.17, 15) is 26.0 Å². The zero-order valence-corrected chi connectivity index (χ0v) is 17.0. The Balaban J connectivity index is 1.86. The summed E-state index contributed by atoms with van der Waals surface area (Å²) in [5, 5.41) is 4.37. The second-order valence-corrected chi connectivity index (χ2v) is 9.31. The highest BCUT2D eigenvalue weighted by Gasteiger charge is 2.43. The van der Waals surface area contributed by atoms with Crippen molar-refractivity contribution in [2.45, 2.75) is 36.2 Å². The van der Waals surface area contributed by atoms with Gasteiger partial charge in [0.2, 0.25) is 0 Å². The Morgan fingerprint density at radius 1 is 1.20 bits per heavy atom. The van der Waals surface area contributed by atoms with Crippen LogP contribution in [0, 0.1) is 0 Å². The molecular weight excluding hydrogens is 448 g/mol. The summed E-state index contributed by atoms with van der Waals surface area (Å²) in [7, 11) is -4.32. The van der Waals surface area contributed by atoms with Crippen molar-refractivity contribution in [2.75, 3.05) is 6.61 Å². The van der Waals surface area contributed by atoms with E-state index in [0.717, 1.165) is 24.3 Å². The van der Waals surface area contributed by atoms with Crippen molar-refractivity contribution in [1.82, 2.24) is 9.19 Å². The van der Waals surface area contributed by atoms with Crippen LogP contribution >= 0.6 is 11.6 Å². The third-order valence-corrected chi connectivity index (χ3v) is 6.74. The molecule has 0 amide bonds. The molecule has 30 heavy (non-hydrogen) atoms. The lowest BCUT2D eigenvalue weighted by Crippen LogP contribution is -2.16. The Labute approximate surface area is 174 Å². The summed E-state index contributed by atoms with van der Waals surface area (Å²) in [5.41, 5.74) is -0.300. The van der Waals surface area contributed by atoms with Crippen molar-refractivity contribution in [3.05, 3.63) is 58.7 Å². The molecule has 1 saturated heterocycles. The van der Waals surface area contributed by atoms with E-state index >= 15 is 0 Å². The molecule has 1 atom stereocenters. The van der Waals surface area contributed by atoms with Gasteiger partial charge in [-0.2, -0.15) is 17.6 Å². The molecule has 4 rings (SSSR count). The van der Waals surface area contributed by atoms with Crippen molar-refractivity contribution in [1.29, 1.82) is 0 Å².